The van der Waals surface area contributed by atoms with Gasteiger partial charge in [0.1, 0.15) is 0 Å². The number of benzene rings is 1. The highest BCUT2D eigenvalue weighted by Crippen LogP contribution is 2.51. The number of hydrogen-bond acceptors (Lipinski definition) is 4. The summed E-state index contributed by atoms with van der Waals surface area (Å²) in [5.41, 5.74) is 0.539. The molecular formula is C13H14O4. The van der Waals surface area contributed by atoms with Crippen molar-refractivity contribution in [1.29, 1.82) is 0 Å². The highest BCUT2D eigenvalue weighted by molar-refractivity contribution is 5.87. The normalized spacial score (nSPS) is 18.9. The molecule has 0 aromatic heterocycles. The molecule has 0 unspecified atom stereocenters. The zero-order chi connectivity index (χ0) is 11.9. The van der Waals surface area contributed by atoms with Crippen molar-refractivity contribution in [1.82, 2.24) is 0 Å². The molecule has 1 aromatic carbocycles. The molecule has 1 fully saturated rings. The first-order chi connectivity index (χ1) is 8.26. The first-order valence-corrected chi connectivity index (χ1v) is 5.83. The van der Waals surface area contributed by atoms with Gasteiger partial charge >= 0.3 is 5.97 Å². The van der Waals surface area contributed by atoms with Gasteiger partial charge in [0.2, 0.25) is 6.79 Å². The minimum atomic E-state index is -0.434. The van der Waals surface area contributed by atoms with Crippen molar-refractivity contribution in [2.45, 2.75) is 25.2 Å². The van der Waals surface area contributed by atoms with E-state index in [1.165, 1.54) is 0 Å². The minimum Gasteiger partial charge on any atom is -0.465 e. The predicted octanol–water partition coefficient (Wildman–Crippen LogP) is 2.01. The van der Waals surface area contributed by atoms with Gasteiger partial charge in [-0.25, -0.2) is 0 Å². The summed E-state index contributed by atoms with van der Waals surface area (Å²) in [7, 11) is 0. The SMILES string of the molecule is CCOC(=O)C1(c2ccc3c(c2)OCO3)CC1. The smallest absolute Gasteiger partial charge is 0.316 e. The van der Waals surface area contributed by atoms with Crippen LogP contribution in [0.15, 0.2) is 18.2 Å². The van der Waals surface area contributed by atoms with Gasteiger partial charge in [0, 0.05) is 0 Å². The van der Waals surface area contributed by atoms with Gasteiger partial charge in [-0.3, -0.25) is 4.79 Å². The lowest BCUT2D eigenvalue weighted by Gasteiger charge is -2.14. The highest BCUT2D eigenvalue weighted by Gasteiger charge is 2.53. The van der Waals surface area contributed by atoms with Gasteiger partial charge < -0.3 is 14.2 Å². The van der Waals surface area contributed by atoms with Crippen LogP contribution in [-0.4, -0.2) is 19.4 Å². The van der Waals surface area contributed by atoms with Gasteiger partial charge in [-0.1, -0.05) is 6.07 Å². The summed E-state index contributed by atoms with van der Waals surface area (Å²) in [5.74, 6) is 1.34. The van der Waals surface area contributed by atoms with Gasteiger partial charge in [-0.2, -0.15) is 0 Å². The molecule has 1 aliphatic heterocycles. The molecule has 3 rings (SSSR count). The van der Waals surface area contributed by atoms with Crippen LogP contribution in [0.2, 0.25) is 0 Å². The molecule has 2 aliphatic rings. The largest absolute Gasteiger partial charge is 0.465 e. The fraction of sp³-hybridized carbons (Fsp3) is 0.462. The van der Waals surface area contributed by atoms with E-state index in [9.17, 15) is 4.79 Å². The summed E-state index contributed by atoms with van der Waals surface area (Å²) in [6, 6.07) is 5.68. The second-order valence-electron chi connectivity index (χ2n) is 4.37. The maximum atomic E-state index is 11.9. The third-order valence-electron chi connectivity index (χ3n) is 3.34. The number of carbonyl (C=O) groups excluding carboxylic acids is 1. The quantitative estimate of drug-likeness (QED) is 0.750. The third kappa shape index (κ3) is 1.55. The Bertz CT molecular complexity index is 462. The first-order valence-electron chi connectivity index (χ1n) is 5.83. The molecule has 1 aromatic rings. The van der Waals surface area contributed by atoms with E-state index in [0.29, 0.717) is 6.61 Å². The molecule has 1 saturated carbocycles. The van der Waals surface area contributed by atoms with Crippen molar-refractivity contribution in [3.8, 4) is 11.5 Å². The lowest BCUT2D eigenvalue weighted by Crippen LogP contribution is -2.23. The van der Waals surface area contributed by atoms with Crippen LogP contribution in [0, 0.1) is 0 Å². The standard InChI is InChI=1S/C13H14O4/c1-2-15-12(14)13(5-6-13)9-3-4-10-11(7-9)17-8-16-10/h3-4,7H,2,5-6,8H2,1H3. The van der Waals surface area contributed by atoms with E-state index in [0.717, 1.165) is 29.9 Å². The molecule has 1 heterocycles. The molecule has 0 spiro atoms. The van der Waals surface area contributed by atoms with E-state index in [-0.39, 0.29) is 12.8 Å². The summed E-state index contributed by atoms with van der Waals surface area (Å²) < 4.78 is 15.7. The second-order valence-corrected chi connectivity index (χ2v) is 4.37. The molecule has 0 radical (unpaired) electrons. The molecule has 0 amide bonds. The summed E-state index contributed by atoms with van der Waals surface area (Å²) in [4.78, 5) is 11.9. The Balaban J connectivity index is 1.91. The van der Waals surface area contributed by atoms with Crippen LogP contribution in [0.5, 0.6) is 11.5 Å². The van der Waals surface area contributed by atoms with Crippen molar-refractivity contribution in [3.63, 3.8) is 0 Å². The fourth-order valence-corrected chi connectivity index (χ4v) is 2.20. The zero-order valence-corrected chi connectivity index (χ0v) is 9.69. The molecule has 0 atom stereocenters. The van der Waals surface area contributed by atoms with Gasteiger partial charge in [0.25, 0.3) is 0 Å². The van der Waals surface area contributed by atoms with Gasteiger partial charge in [-0.15, -0.1) is 0 Å². The average molecular weight is 234 g/mol. The van der Waals surface area contributed by atoms with Gasteiger partial charge in [-0.05, 0) is 37.5 Å². The lowest BCUT2D eigenvalue weighted by atomic mass is 9.96. The topological polar surface area (TPSA) is 44.8 Å². The Morgan fingerprint density at radius 1 is 1.35 bits per heavy atom. The number of hydrogen-bond donors (Lipinski definition) is 0. The summed E-state index contributed by atoms with van der Waals surface area (Å²) in [6.07, 6.45) is 1.71. The highest BCUT2D eigenvalue weighted by atomic mass is 16.7. The Labute approximate surface area is 99.5 Å². The second kappa shape index (κ2) is 3.65. The van der Waals surface area contributed by atoms with Crippen LogP contribution >= 0.6 is 0 Å². The molecule has 4 heteroatoms. The van der Waals surface area contributed by atoms with E-state index in [2.05, 4.69) is 0 Å². The first kappa shape index (κ1) is 10.4. The van der Waals surface area contributed by atoms with Crippen LogP contribution in [0.25, 0.3) is 0 Å². The molecule has 90 valence electrons. The van der Waals surface area contributed by atoms with E-state index in [1.54, 1.807) is 0 Å². The van der Waals surface area contributed by atoms with Crippen molar-refractivity contribution in [2.24, 2.45) is 0 Å². The molecule has 0 bridgehead atoms. The van der Waals surface area contributed by atoms with Crippen molar-refractivity contribution < 1.29 is 19.0 Å². The van der Waals surface area contributed by atoms with Crippen molar-refractivity contribution in [2.75, 3.05) is 13.4 Å². The summed E-state index contributed by atoms with van der Waals surface area (Å²) in [6.45, 7) is 2.50. The zero-order valence-electron chi connectivity index (χ0n) is 9.69. The monoisotopic (exact) mass is 234 g/mol. The molecule has 0 N–H and O–H groups in total. The van der Waals surface area contributed by atoms with E-state index in [4.69, 9.17) is 14.2 Å². The number of fused-ring (bicyclic) bond motifs is 1. The number of rotatable bonds is 3. The minimum absolute atomic E-state index is 0.126. The molecule has 17 heavy (non-hydrogen) atoms. The Kier molecular flexibility index (Phi) is 2.24. The van der Waals surface area contributed by atoms with Crippen LogP contribution in [-0.2, 0) is 14.9 Å². The lowest BCUT2D eigenvalue weighted by molar-refractivity contribution is -0.146. The van der Waals surface area contributed by atoms with Crippen LogP contribution in [0.4, 0.5) is 0 Å². The predicted molar refractivity (Wildman–Crippen MR) is 60.1 cm³/mol. The number of carbonyl (C=O) groups is 1. The summed E-state index contributed by atoms with van der Waals surface area (Å²) in [5, 5.41) is 0. The van der Waals surface area contributed by atoms with Crippen LogP contribution in [0.3, 0.4) is 0 Å². The van der Waals surface area contributed by atoms with Gasteiger partial charge in [0.15, 0.2) is 11.5 Å². The van der Waals surface area contributed by atoms with Crippen molar-refractivity contribution >= 4 is 5.97 Å². The molecule has 0 saturated heterocycles. The third-order valence-corrected chi connectivity index (χ3v) is 3.34. The average Bonchev–Trinajstić information content (AvgIpc) is 3.02. The maximum absolute atomic E-state index is 11.9. The van der Waals surface area contributed by atoms with Crippen LogP contribution in [0.1, 0.15) is 25.3 Å². The fourth-order valence-electron chi connectivity index (χ4n) is 2.20. The number of ether oxygens (including phenoxy) is 3. The van der Waals surface area contributed by atoms with E-state index >= 15 is 0 Å². The molecule has 1 aliphatic carbocycles. The Morgan fingerprint density at radius 2 is 2.12 bits per heavy atom. The molecule has 4 nitrogen and oxygen atoms in total. The molecular weight excluding hydrogens is 220 g/mol. The Hall–Kier alpha value is -1.71. The summed E-state index contributed by atoms with van der Waals surface area (Å²) >= 11 is 0. The Morgan fingerprint density at radius 3 is 2.82 bits per heavy atom. The van der Waals surface area contributed by atoms with Crippen molar-refractivity contribution in [3.05, 3.63) is 23.8 Å². The van der Waals surface area contributed by atoms with E-state index < -0.39 is 5.41 Å². The van der Waals surface area contributed by atoms with Gasteiger partial charge in [0.05, 0.1) is 12.0 Å². The maximum Gasteiger partial charge on any atom is 0.316 e. The van der Waals surface area contributed by atoms with Crippen LogP contribution < -0.4 is 9.47 Å². The number of esters is 1. The van der Waals surface area contributed by atoms with E-state index in [1.807, 2.05) is 25.1 Å².